The number of rotatable bonds is 6. The molecule has 0 aliphatic rings. The average Bonchev–Trinajstić information content (AvgIpc) is 3.01. The minimum absolute atomic E-state index is 0.0138. The first kappa shape index (κ1) is 19.4. The van der Waals surface area contributed by atoms with Crippen molar-refractivity contribution < 1.29 is 9.59 Å². The zero-order valence-electron chi connectivity index (χ0n) is 14.9. The number of hydrogen-bond acceptors (Lipinski definition) is 7. The summed E-state index contributed by atoms with van der Waals surface area (Å²) in [7, 11) is 1.78. The Labute approximate surface area is 155 Å². The summed E-state index contributed by atoms with van der Waals surface area (Å²) in [5.41, 5.74) is 0.819. The van der Waals surface area contributed by atoms with E-state index in [2.05, 4.69) is 20.8 Å². The van der Waals surface area contributed by atoms with Gasteiger partial charge in [-0.3, -0.25) is 9.59 Å². The lowest BCUT2D eigenvalue weighted by atomic mass is 9.95. The van der Waals surface area contributed by atoms with Gasteiger partial charge in [0.25, 0.3) is 0 Å². The molecule has 1 amide bonds. The summed E-state index contributed by atoms with van der Waals surface area (Å²) in [5.74, 6) is -0.0491. The third-order valence-corrected chi connectivity index (χ3v) is 5.50. The molecule has 0 spiro atoms. The molecule has 0 saturated carbocycles. The number of ketones is 1. The molecular formula is C17H22N4O2S2. The number of Topliss-reactive ketones (excluding diaryl/α,β-unsaturated/α-hetero) is 1. The van der Waals surface area contributed by atoms with Crippen LogP contribution in [0.5, 0.6) is 0 Å². The van der Waals surface area contributed by atoms with Crippen LogP contribution in [0.2, 0.25) is 0 Å². The summed E-state index contributed by atoms with van der Waals surface area (Å²) in [6, 6.07) is 6.96. The lowest BCUT2D eigenvalue weighted by molar-refractivity contribution is -0.123. The second-order valence-electron chi connectivity index (χ2n) is 6.53. The summed E-state index contributed by atoms with van der Waals surface area (Å²) >= 11 is 2.80. The number of nitrogens with one attached hydrogen (secondary N) is 2. The zero-order valence-corrected chi connectivity index (χ0v) is 16.5. The van der Waals surface area contributed by atoms with Crippen LogP contribution in [0, 0.1) is 5.41 Å². The molecule has 6 nitrogen and oxygen atoms in total. The highest BCUT2D eigenvalue weighted by Crippen LogP contribution is 2.30. The van der Waals surface area contributed by atoms with E-state index in [1.165, 1.54) is 23.1 Å². The Kier molecular flexibility index (Phi) is 6.18. The zero-order chi connectivity index (χ0) is 18.6. The summed E-state index contributed by atoms with van der Waals surface area (Å²) < 4.78 is 0.749. The molecule has 2 rings (SSSR count). The summed E-state index contributed by atoms with van der Waals surface area (Å²) in [4.78, 5) is 24.5. The first-order chi connectivity index (χ1) is 11.7. The van der Waals surface area contributed by atoms with Crippen LogP contribution in [0.1, 0.15) is 38.1 Å². The molecule has 0 saturated heterocycles. The normalized spacial score (nSPS) is 12.5. The molecule has 0 aliphatic carbocycles. The predicted molar refractivity (Wildman–Crippen MR) is 104 cm³/mol. The number of hydrogen-bond donors (Lipinski definition) is 2. The van der Waals surface area contributed by atoms with E-state index < -0.39 is 5.41 Å². The minimum atomic E-state index is -0.465. The maximum absolute atomic E-state index is 12.6. The fraction of sp³-hybridized carbons (Fsp3) is 0.412. The van der Waals surface area contributed by atoms with Gasteiger partial charge in [-0.15, -0.1) is 10.2 Å². The Balaban J connectivity index is 2.00. The number of nitrogens with zero attached hydrogens (tertiary/aromatic N) is 2. The van der Waals surface area contributed by atoms with Crippen LogP contribution in [0.3, 0.4) is 0 Å². The van der Waals surface area contributed by atoms with Crippen molar-refractivity contribution in [1.82, 2.24) is 10.2 Å². The van der Waals surface area contributed by atoms with Gasteiger partial charge in [-0.05, 0) is 31.2 Å². The summed E-state index contributed by atoms with van der Waals surface area (Å²) in [6.45, 7) is 7.41. The van der Waals surface area contributed by atoms with E-state index in [1.54, 1.807) is 31.3 Å². The predicted octanol–water partition coefficient (Wildman–Crippen LogP) is 3.93. The number of benzene rings is 1. The molecule has 1 aromatic heterocycles. The fourth-order valence-corrected chi connectivity index (χ4v) is 3.76. The molecule has 0 unspecified atom stereocenters. The molecule has 1 atom stereocenters. The van der Waals surface area contributed by atoms with Crippen molar-refractivity contribution in [3.05, 3.63) is 29.8 Å². The Morgan fingerprint density at radius 1 is 1.16 bits per heavy atom. The van der Waals surface area contributed by atoms with Gasteiger partial charge in [0.15, 0.2) is 10.1 Å². The van der Waals surface area contributed by atoms with Gasteiger partial charge < -0.3 is 10.6 Å². The van der Waals surface area contributed by atoms with Crippen molar-refractivity contribution in [1.29, 1.82) is 0 Å². The first-order valence-electron chi connectivity index (χ1n) is 7.84. The van der Waals surface area contributed by atoms with E-state index in [0.717, 1.165) is 9.47 Å². The van der Waals surface area contributed by atoms with Crippen LogP contribution < -0.4 is 10.6 Å². The molecule has 8 heteroatoms. The van der Waals surface area contributed by atoms with Gasteiger partial charge in [0.2, 0.25) is 11.0 Å². The van der Waals surface area contributed by atoms with Crippen molar-refractivity contribution in [3.63, 3.8) is 0 Å². The number of thioether (sulfide) groups is 1. The van der Waals surface area contributed by atoms with Gasteiger partial charge in [0, 0.05) is 23.7 Å². The van der Waals surface area contributed by atoms with Crippen LogP contribution in [0.4, 0.5) is 10.8 Å². The molecule has 1 aromatic carbocycles. The second kappa shape index (κ2) is 7.97. The van der Waals surface area contributed by atoms with Crippen molar-refractivity contribution in [2.24, 2.45) is 5.41 Å². The Bertz CT molecular complexity index is 751. The smallest absolute Gasteiger partial charge is 0.229 e. The molecular weight excluding hydrogens is 356 g/mol. The van der Waals surface area contributed by atoms with Crippen molar-refractivity contribution in [2.45, 2.75) is 37.3 Å². The summed E-state index contributed by atoms with van der Waals surface area (Å²) in [6.07, 6.45) is 0. The van der Waals surface area contributed by atoms with Crippen molar-refractivity contribution >= 4 is 45.6 Å². The first-order valence-corrected chi connectivity index (χ1v) is 9.54. The number of amides is 1. The Morgan fingerprint density at radius 2 is 1.80 bits per heavy atom. The van der Waals surface area contributed by atoms with Gasteiger partial charge >= 0.3 is 0 Å². The lowest BCUT2D eigenvalue weighted by Gasteiger charge is -2.17. The van der Waals surface area contributed by atoms with Gasteiger partial charge in [0.1, 0.15) is 0 Å². The van der Waals surface area contributed by atoms with Crippen LogP contribution in [-0.2, 0) is 4.79 Å². The Hall–Kier alpha value is -1.93. The van der Waals surface area contributed by atoms with Crippen LogP contribution in [0.25, 0.3) is 0 Å². The molecule has 0 fully saturated rings. The number of carbonyl (C=O) groups is 2. The number of aromatic nitrogens is 2. The third kappa shape index (κ3) is 5.27. The molecule has 2 aromatic rings. The van der Waals surface area contributed by atoms with E-state index >= 15 is 0 Å². The standard InChI is InChI=1S/C17H22N4O2S2/c1-10(24-16-21-20-15(18-5)25-16)13(22)11-6-8-12(9-7-11)19-14(23)17(2,3)4/h6-10H,1-5H3,(H,18,20)(H,19,23)/t10-/m1/s1. The van der Waals surface area contributed by atoms with Crippen LogP contribution >= 0.6 is 23.1 Å². The number of anilines is 2. The van der Waals surface area contributed by atoms with Gasteiger partial charge in [0.05, 0.1) is 5.25 Å². The molecule has 0 aliphatic heterocycles. The van der Waals surface area contributed by atoms with Gasteiger partial charge in [-0.2, -0.15) is 0 Å². The molecule has 1 heterocycles. The van der Waals surface area contributed by atoms with E-state index in [9.17, 15) is 9.59 Å². The largest absolute Gasteiger partial charge is 0.363 e. The van der Waals surface area contributed by atoms with E-state index in [4.69, 9.17) is 0 Å². The van der Waals surface area contributed by atoms with E-state index in [0.29, 0.717) is 11.3 Å². The Morgan fingerprint density at radius 3 is 2.32 bits per heavy atom. The lowest BCUT2D eigenvalue weighted by Crippen LogP contribution is -2.27. The highest BCUT2D eigenvalue weighted by molar-refractivity contribution is 8.02. The quantitative estimate of drug-likeness (QED) is 0.585. The van der Waals surface area contributed by atoms with Crippen LogP contribution in [-0.4, -0.2) is 34.2 Å². The van der Waals surface area contributed by atoms with E-state index in [1.807, 2.05) is 27.7 Å². The fourth-order valence-electron chi connectivity index (χ4n) is 1.83. The molecule has 0 bridgehead atoms. The average molecular weight is 379 g/mol. The highest BCUT2D eigenvalue weighted by atomic mass is 32.2. The topological polar surface area (TPSA) is 84.0 Å². The monoisotopic (exact) mass is 378 g/mol. The van der Waals surface area contributed by atoms with Gasteiger partial charge in [-0.25, -0.2) is 0 Å². The maximum atomic E-state index is 12.6. The minimum Gasteiger partial charge on any atom is -0.363 e. The van der Waals surface area contributed by atoms with E-state index in [-0.39, 0.29) is 16.9 Å². The maximum Gasteiger partial charge on any atom is 0.229 e. The van der Waals surface area contributed by atoms with Crippen molar-refractivity contribution in [2.75, 3.05) is 17.7 Å². The molecule has 2 N–H and O–H groups in total. The number of carbonyl (C=O) groups excluding carboxylic acids is 2. The molecule has 25 heavy (non-hydrogen) atoms. The van der Waals surface area contributed by atoms with Crippen LogP contribution in [0.15, 0.2) is 28.6 Å². The SMILES string of the molecule is CNc1nnc(S[C@H](C)C(=O)c2ccc(NC(=O)C(C)(C)C)cc2)s1. The molecule has 0 radical (unpaired) electrons. The van der Waals surface area contributed by atoms with Crippen molar-refractivity contribution in [3.8, 4) is 0 Å². The highest BCUT2D eigenvalue weighted by Gasteiger charge is 2.22. The van der Waals surface area contributed by atoms with Gasteiger partial charge in [-0.1, -0.05) is 43.9 Å². The third-order valence-electron chi connectivity index (χ3n) is 3.38. The summed E-state index contributed by atoms with van der Waals surface area (Å²) in [5, 5.41) is 14.2. The second-order valence-corrected chi connectivity index (χ2v) is 9.09. The molecule has 134 valence electrons.